The molecule has 0 radical (unpaired) electrons. The molecule has 88 valence electrons. The third-order valence-electron chi connectivity index (χ3n) is 2.51. The largest absolute Gasteiger partial charge is 0.454 e. The molecule has 1 N–H and O–H groups in total. The van der Waals surface area contributed by atoms with Crippen LogP contribution in [0.3, 0.4) is 0 Å². The summed E-state index contributed by atoms with van der Waals surface area (Å²) in [6.07, 6.45) is 4.22. The van der Waals surface area contributed by atoms with Crippen molar-refractivity contribution in [2.45, 2.75) is 12.8 Å². The van der Waals surface area contributed by atoms with Crippen molar-refractivity contribution in [1.82, 2.24) is 5.32 Å². The first-order chi connectivity index (χ1) is 7.84. The molecule has 0 aliphatic carbocycles. The summed E-state index contributed by atoms with van der Waals surface area (Å²) in [4.78, 5) is 0. The Morgan fingerprint density at radius 3 is 3.00 bits per heavy atom. The Morgan fingerprint density at radius 2 is 2.31 bits per heavy atom. The summed E-state index contributed by atoms with van der Waals surface area (Å²) < 4.78 is 11.6. The van der Waals surface area contributed by atoms with Crippen molar-refractivity contribution in [3.05, 3.63) is 34.2 Å². The first-order valence-electron chi connectivity index (χ1n) is 5.55. The Morgan fingerprint density at radius 1 is 1.38 bits per heavy atom. The van der Waals surface area contributed by atoms with Gasteiger partial charge in [0.2, 0.25) is 0 Å². The minimum absolute atomic E-state index is 0.777. The first-order valence-corrected chi connectivity index (χ1v) is 6.34. The molecule has 2 heterocycles. The highest BCUT2D eigenvalue weighted by Gasteiger charge is 2.03. The first kappa shape index (κ1) is 11.9. The predicted molar refractivity (Wildman–Crippen MR) is 66.5 cm³/mol. The molecule has 1 aromatic rings. The van der Waals surface area contributed by atoms with Gasteiger partial charge in [0.25, 0.3) is 0 Å². The van der Waals surface area contributed by atoms with Gasteiger partial charge in [0, 0.05) is 19.5 Å². The van der Waals surface area contributed by atoms with E-state index in [0.29, 0.717) is 0 Å². The van der Waals surface area contributed by atoms with Crippen LogP contribution in [0.4, 0.5) is 0 Å². The van der Waals surface area contributed by atoms with E-state index in [1.165, 1.54) is 5.57 Å². The van der Waals surface area contributed by atoms with Gasteiger partial charge in [-0.15, -0.1) is 0 Å². The Kier molecular flexibility index (Phi) is 4.63. The van der Waals surface area contributed by atoms with E-state index in [-0.39, 0.29) is 0 Å². The number of furan rings is 1. The Bertz CT molecular complexity index is 360. The molecule has 0 atom stereocenters. The van der Waals surface area contributed by atoms with Crippen LogP contribution in [0, 0.1) is 0 Å². The van der Waals surface area contributed by atoms with Crippen LogP contribution in [0.2, 0.25) is 0 Å². The van der Waals surface area contributed by atoms with Crippen LogP contribution in [0.5, 0.6) is 0 Å². The molecule has 16 heavy (non-hydrogen) atoms. The molecule has 0 fully saturated rings. The number of halogens is 1. The highest BCUT2D eigenvalue weighted by Crippen LogP contribution is 2.14. The number of hydrogen-bond acceptors (Lipinski definition) is 3. The van der Waals surface area contributed by atoms with Gasteiger partial charge in [0.05, 0.1) is 13.2 Å². The molecule has 1 aliphatic rings. The molecule has 0 bridgehead atoms. The monoisotopic (exact) mass is 285 g/mol. The molecule has 4 heteroatoms. The average molecular weight is 286 g/mol. The van der Waals surface area contributed by atoms with Gasteiger partial charge < -0.3 is 14.5 Å². The molecule has 0 aromatic carbocycles. The third kappa shape index (κ3) is 3.77. The van der Waals surface area contributed by atoms with Crippen LogP contribution >= 0.6 is 15.9 Å². The lowest BCUT2D eigenvalue weighted by Crippen LogP contribution is -2.23. The van der Waals surface area contributed by atoms with E-state index in [9.17, 15) is 0 Å². The molecular formula is C12H16BrNO2. The highest BCUT2D eigenvalue weighted by atomic mass is 79.9. The molecule has 1 aromatic heterocycles. The van der Waals surface area contributed by atoms with Gasteiger partial charge in [0.15, 0.2) is 4.67 Å². The molecule has 1 aliphatic heterocycles. The number of hydrogen-bond donors (Lipinski definition) is 1. The van der Waals surface area contributed by atoms with E-state index in [1.54, 1.807) is 0 Å². The average Bonchev–Trinajstić information content (AvgIpc) is 2.72. The van der Waals surface area contributed by atoms with Gasteiger partial charge in [-0.25, -0.2) is 0 Å². The topological polar surface area (TPSA) is 34.4 Å². The lowest BCUT2D eigenvalue weighted by molar-refractivity contribution is 0.149. The van der Waals surface area contributed by atoms with E-state index in [2.05, 4.69) is 27.3 Å². The predicted octanol–water partition coefficient (Wildman–Crippen LogP) is 2.52. The summed E-state index contributed by atoms with van der Waals surface area (Å²) in [6.45, 7) is 3.49. The fourth-order valence-electron chi connectivity index (χ4n) is 1.68. The van der Waals surface area contributed by atoms with E-state index < -0.39 is 0 Å². The van der Waals surface area contributed by atoms with Crippen molar-refractivity contribution in [2.24, 2.45) is 0 Å². The molecule has 0 saturated heterocycles. The van der Waals surface area contributed by atoms with Crippen molar-refractivity contribution >= 4 is 15.9 Å². The summed E-state index contributed by atoms with van der Waals surface area (Å²) in [5.74, 6) is 1.01. The van der Waals surface area contributed by atoms with E-state index in [4.69, 9.17) is 9.15 Å². The van der Waals surface area contributed by atoms with Crippen molar-refractivity contribution < 1.29 is 9.15 Å². The van der Waals surface area contributed by atoms with Crippen LogP contribution in [0.1, 0.15) is 12.2 Å². The summed E-state index contributed by atoms with van der Waals surface area (Å²) in [6, 6.07) is 3.92. The summed E-state index contributed by atoms with van der Waals surface area (Å²) in [7, 11) is 0. The molecule has 0 unspecified atom stereocenters. The van der Waals surface area contributed by atoms with Gasteiger partial charge in [-0.05, 0) is 40.1 Å². The zero-order chi connectivity index (χ0) is 11.2. The van der Waals surface area contributed by atoms with Crippen LogP contribution in [-0.2, 0) is 11.2 Å². The van der Waals surface area contributed by atoms with Gasteiger partial charge in [0.1, 0.15) is 5.76 Å². The van der Waals surface area contributed by atoms with Crippen molar-refractivity contribution in [1.29, 1.82) is 0 Å². The van der Waals surface area contributed by atoms with E-state index in [0.717, 1.165) is 49.6 Å². The second-order valence-corrected chi connectivity index (χ2v) is 4.62. The second kappa shape index (κ2) is 6.23. The van der Waals surface area contributed by atoms with E-state index >= 15 is 0 Å². The Labute approximate surface area is 104 Å². The van der Waals surface area contributed by atoms with Crippen LogP contribution in [-0.4, -0.2) is 26.3 Å². The second-order valence-electron chi connectivity index (χ2n) is 3.84. The van der Waals surface area contributed by atoms with Crippen LogP contribution in [0.25, 0.3) is 0 Å². The number of nitrogens with one attached hydrogen (secondary N) is 1. The Hall–Kier alpha value is -0.580. The van der Waals surface area contributed by atoms with Crippen molar-refractivity contribution in [3.8, 4) is 0 Å². The zero-order valence-electron chi connectivity index (χ0n) is 9.17. The fraction of sp³-hybridized carbons (Fsp3) is 0.500. The standard InChI is InChI=1S/C12H16BrNO2/c13-12-4-3-11(16-12)5-6-14-8-10-2-1-7-15-9-10/h2-4,14H,1,5-9H2. The molecule has 3 nitrogen and oxygen atoms in total. The molecule has 0 spiro atoms. The smallest absolute Gasteiger partial charge is 0.169 e. The molecular weight excluding hydrogens is 270 g/mol. The van der Waals surface area contributed by atoms with Gasteiger partial charge in [-0.3, -0.25) is 0 Å². The normalized spacial score (nSPS) is 16.2. The number of rotatable bonds is 5. The summed E-state index contributed by atoms with van der Waals surface area (Å²) in [5, 5.41) is 3.39. The molecule has 0 saturated carbocycles. The quantitative estimate of drug-likeness (QED) is 0.667. The minimum atomic E-state index is 0.777. The van der Waals surface area contributed by atoms with Crippen LogP contribution in [0.15, 0.2) is 32.9 Å². The Balaban J connectivity index is 1.63. The highest BCUT2D eigenvalue weighted by molar-refractivity contribution is 9.10. The SMILES string of the molecule is Brc1ccc(CCNCC2=CCCOC2)o1. The number of ether oxygens (including phenoxy) is 1. The fourth-order valence-corrected chi connectivity index (χ4v) is 2.02. The lowest BCUT2D eigenvalue weighted by Gasteiger charge is -2.13. The maximum Gasteiger partial charge on any atom is 0.169 e. The van der Waals surface area contributed by atoms with Crippen molar-refractivity contribution in [3.63, 3.8) is 0 Å². The summed E-state index contributed by atoms with van der Waals surface area (Å²) >= 11 is 3.29. The third-order valence-corrected chi connectivity index (χ3v) is 2.94. The molecule has 0 amide bonds. The zero-order valence-corrected chi connectivity index (χ0v) is 10.8. The maximum absolute atomic E-state index is 5.41. The van der Waals surface area contributed by atoms with Gasteiger partial charge in [-0.2, -0.15) is 0 Å². The van der Waals surface area contributed by atoms with Gasteiger partial charge in [-0.1, -0.05) is 6.08 Å². The van der Waals surface area contributed by atoms with Gasteiger partial charge >= 0.3 is 0 Å². The summed E-state index contributed by atoms with van der Waals surface area (Å²) in [5.41, 5.74) is 1.35. The van der Waals surface area contributed by atoms with Crippen LogP contribution < -0.4 is 5.32 Å². The van der Waals surface area contributed by atoms with E-state index in [1.807, 2.05) is 12.1 Å². The minimum Gasteiger partial charge on any atom is -0.454 e. The lowest BCUT2D eigenvalue weighted by atomic mass is 10.2. The van der Waals surface area contributed by atoms with Crippen molar-refractivity contribution in [2.75, 3.05) is 26.3 Å². The maximum atomic E-state index is 5.41. The molecule has 2 rings (SSSR count).